The second-order valence-electron chi connectivity index (χ2n) is 5.81. The van der Waals surface area contributed by atoms with Crippen LogP contribution in [0.15, 0.2) is 53.5 Å². The molecule has 0 radical (unpaired) electrons. The number of amidine groups is 1. The molecule has 3 nitrogen and oxygen atoms in total. The highest BCUT2D eigenvalue weighted by Crippen LogP contribution is 2.42. The first-order valence-electron chi connectivity index (χ1n) is 8.09. The van der Waals surface area contributed by atoms with Gasteiger partial charge in [-0.3, -0.25) is 4.99 Å². The normalized spacial score (nSPS) is 19.7. The molecule has 1 aliphatic rings. The molecule has 0 spiro atoms. The Labute approximate surface area is 153 Å². The average Bonchev–Trinajstić information content (AvgIpc) is 3.04. The number of nitrogens with zero attached hydrogens (tertiary/aromatic N) is 2. The zero-order valence-corrected chi connectivity index (χ0v) is 14.7. The van der Waals surface area contributed by atoms with Crippen molar-refractivity contribution in [1.82, 2.24) is 0 Å². The lowest BCUT2D eigenvalue weighted by atomic mass is 10.1. The Balaban J connectivity index is 1.89. The molecule has 0 aliphatic carbocycles. The van der Waals surface area contributed by atoms with Gasteiger partial charge in [-0.25, -0.2) is 0 Å². The van der Waals surface area contributed by atoms with Crippen molar-refractivity contribution in [3.63, 3.8) is 0 Å². The van der Waals surface area contributed by atoms with Crippen LogP contribution >= 0.6 is 11.8 Å². The number of anilines is 1. The minimum atomic E-state index is -4.38. The molecule has 2 unspecified atom stereocenters. The molecule has 0 saturated carbocycles. The number of para-hydroxylation sites is 1. The Hall–Kier alpha value is -2.46. The monoisotopic (exact) mass is 375 g/mol. The van der Waals surface area contributed by atoms with Crippen LogP contribution in [0.25, 0.3) is 0 Å². The third kappa shape index (κ3) is 3.86. The number of rotatable bonds is 3. The van der Waals surface area contributed by atoms with Gasteiger partial charge in [0, 0.05) is 0 Å². The van der Waals surface area contributed by atoms with Gasteiger partial charge in [-0.05, 0) is 36.2 Å². The SMILES string of the molecule is CCC1SC(c2cccc(C(F)(F)F)c2)N=C1Nc1ccccc1C#N. The van der Waals surface area contributed by atoms with Crippen LogP contribution in [0.4, 0.5) is 18.9 Å². The van der Waals surface area contributed by atoms with Crippen molar-refractivity contribution in [2.75, 3.05) is 5.32 Å². The first-order chi connectivity index (χ1) is 12.4. The van der Waals surface area contributed by atoms with Gasteiger partial charge in [0.1, 0.15) is 17.3 Å². The molecule has 2 aromatic rings. The van der Waals surface area contributed by atoms with Gasteiger partial charge in [-0.15, -0.1) is 11.8 Å². The summed E-state index contributed by atoms with van der Waals surface area (Å²) in [7, 11) is 0. The Bertz CT molecular complexity index is 871. The first kappa shape index (κ1) is 18.3. The van der Waals surface area contributed by atoms with Crippen molar-refractivity contribution in [3.8, 4) is 6.07 Å². The van der Waals surface area contributed by atoms with Gasteiger partial charge in [0.15, 0.2) is 0 Å². The maximum Gasteiger partial charge on any atom is 0.416 e. The largest absolute Gasteiger partial charge is 0.416 e. The zero-order chi connectivity index (χ0) is 18.7. The van der Waals surface area contributed by atoms with Crippen LogP contribution in [0, 0.1) is 11.3 Å². The van der Waals surface area contributed by atoms with E-state index in [9.17, 15) is 18.4 Å². The van der Waals surface area contributed by atoms with Crippen LogP contribution in [-0.2, 0) is 6.18 Å². The Morgan fingerprint density at radius 2 is 1.96 bits per heavy atom. The Morgan fingerprint density at radius 3 is 2.65 bits per heavy atom. The number of nitriles is 1. The first-order valence-corrected chi connectivity index (χ1v) is 9.03. The molecule has 1 N–H and O–H groups in total. The lowest BCUT2D eigenvalue weighted by molar-refractivity contribution is -0.137. The van der Waals surface area contributed by atoms with Gasteiger partial charge < -0.3 is 5.32 Å². The number of nitrogens with one attached hydrogen (secondary N) is 1. The minimum absolute atomic E-state index is 0.0290. The number of halogens is 3. The Kier molecular flexibility index (Phi) is 5.23. The Morgan fingerprint density at radius 1 is 1.19 bits per heavy atom. The summed E-state index contributed by atoms with van der Waals surface area (Å²) in [6.45, 7) is 2.00. The fourth-order valence-electron chi connectivity index (χ4n) is 2.71. The summed E-state index contributed by atoms with van der Waals surface area (Å²) < 4.78 is 38.9. The number of alkyl halides is 3. The van der Waals surface area contributed by atoms with Crippen LogP contribution < -0.4 is 5.32 Å². The van der Waals surface area contributed by atoms with Crippen LogP contribution in [0.3, 0.4) is 0 Å². The molecule has 0 fully saturated rings. The van der Waals surface area contributed by atoms with E-state index in [0.29, 0.717) is 22.6 Å². The molecule has 1 aliphatic heterocycles. The number of aliphatic imine (C=N–C) groups is 1. The van der Waals surface area contributed by atoms with Crippen molar-refractivity contribution in [2.24, 2.45) is 4.99 Å². The molecule has 0 bridgehead atoms. The summed E-state index contributed by atoms with van der Waals surface area (Å²) in [5.74, 6) is 0.683. The van der Waals surface area contributed by atoms with E-state index in [-0.39, 0.29) is 5.25 Å². The number of hydrogen-bond acceptors (Lipinski definition) is 4. The van der Waals surface area contributed by atoms with E-state index in [1.807, 2.05) is 13.0 Å². The highest BCUT2D eigenvalue weighted by Gasteiger charge is 2.33. The van der Waals surface area contributed by atoms with Gasteiger partial charge in [0.25, 0.3) is 0 Å². The summed E-state index contributed by atoms with van der Waals surface area (Å²) in [4.78, 5) is 4.60. The van der Waals surface area contributed by atoms with Crippen LogP contribution in [0.1, 0.15) is 35.4 Å². The standard InChI is InChI=1S/C19H16F3N3S/c1-2-16-17(24-15-9-4-3-6-13(15)11-23)25-18(26-16)12-7-5-8-14(10-12)19(20,21)22/h3-10,16,18H,2H2,1H3,(H,24,25). The molecule has 2 atom stereocenters. The van der Waals surface area contributed by atoms with Crippen LogP contribution in [0.2, 0.25) is 0 Å². The van der Waals surface area contributed by atoms with E-state index in [1.165, 1.54) is 17.8 Å². The summed E-state index contributed by atoms with van der Waals surface area (Å²) in [5.41, 5.74) is 0.999. The fourth-order valence-corrected chi connectivity index (χ4v) is 3.94. The lowest BCUT2D eigenvalue weighted by Gasteiger charge is -2.13. The quantitative estimate of drug-likeness (QED) is 0.758. The highest BCUT2D eigenvalue weighted by atomic mass is 32.2. The maximum absolute atomic E-state index is 13.0. The van der Waals surface area contributed by atoms with Crippen LogP contribution in [-0.4, -0.2) is 11.1 Å². The second-order valence-corrected chi connectivity index (χ2v) is 7.09. The lowest BCUT2D eigenvalue weighted by Crippen LogP contribution is -2.21. The van der Waals surface area contributed by atoms with Gasteiger partial charge in [-0.1, -0.05) is 31.2 Å². The maximum atomic E-state index is 13.0. The summed E-state index contributed by atoms with van der Waals surface area (Å²) in [6, 6.07) is 14.5. The molecule has 2 aromatic carbocycles. The molecule has 7 heteroatoms. The molecule has 134 valence electrons. The number of thioether (sulfide) groups is 1. The molecule has 0 saturated heterocycles. The summed E-state index contributed by atoms with van der Waals surface area (Å²) in [6.07, 6.45) is -3.60. The van der Waals surface area contributed by atoms with E-state index in [2.05, 4.69) is 16.4 Å². The van der Waals surface area contributed by atoms with Crippen molar-refractivity contribution >= 4 is 23.3 Å². The summed E-state index contributed by atoms with van der Waals surface area (Å²) in [5, 5.41) is 12.0. The molecule has 3 rings (SSSR count). The summed E-state index contributed by atoms with van der Waals surface area (Å²) >= 11 is 1.51. The van der Waals surface area contributed by atoms with Gasteiger partial charge in [0.2, 0.25) is 0 Å². The predicted molar refractivity (Wildman–Crippen MR) is 98.1 cm³/mol. The number of hydrogen-bond donors (Lipinski definition) is 1. The molecule has 1 heterocycles. The average molecular weight is 375 g/mol. The van der Waals surface area contributed by atoms with Crippen LogP contribution in [0.5, 0.6) is 0 Å². The second kappa shape index (κ2) is 7.42. The third-order valence-electron chi connectivity index (χ3n) is 4.03. The van der Waals surface area contributed by atoms with E-state index in [4.69, 9.17) is 0 Å². The minimum Gasteiger partial charge on any atom is -0.342 e. The fraction of sp³-hybridized carbons (Fsp3) is 0.263. The van der Waals surface area contributed by atoms with E-state index in [1.54, 1.807) is 24.3 Å². The van der Waals surface area contributed by atoms with Gasteiger partial charge in [0.05, 0.1) is 22.1 Å². The zero-order valence-electron chi connectivity index (χ0n) is 13.9. The van der Waals surface area contributed by atoms with Crippen molar-refractivity contribution in [2.45, 2.75) is 30.1 Å². The topological polar surface area (TPSA) is 48.2 Å². The third-order valence-corrected chi connectivity index (χ3v) is 5.56. The molecule has 0 aromatic heterocycles. The van der Waals surface area contributed by atoms with E-state index >= 15 is 0 Å². The molecule has 26 heavy (non-hydrogen) atoms. The van der Waals surface area contributed by atoms with E-state index < -0.39 is 17.1 Å². The van der Waals surface area contributed by atoms with Gasteiger partial charge in [-0.2, -0.15) is 18.4 Å². The smallest absolute Gasteiger partial charge is 0.342 e. The van der Waals surface area contributed by atoms with Gasteiger partial charge >= 0.3 is 6.18 Å². The highest BCUT2D eigenvalue weighted by molar-refractivity contribution is 8.01. The van der Waals surface area contributed by atoms with Crippen molar-refractivity contribution in [3.05, 3.63) is 65.2 Å². The molecular weight excluding hydrogens is 359 g/mol. The van der Waals surface area contributed by atoms with E-state index in [0.717, 1.165) is 18.6 Å². The molecular formula is C19H16F3N3S. The predicted octanol–water partition coefficient (Wildman–Crippen LogP) is 5.61. The number of benzene rings is 2. The van der Waals surface area contributed by atoms with Crippen molar-refractivity contribution < 1.29 is 13.2 Å². The molecule has 0 amide bonds. The van der Waals surface area contributed by atoms with Crippen molar-refractivity contribution in [1.29, 1.82) is 5.26 Å².